The molecule has 0 aliphatic rings. The topological polar surface area (TPSA) is 72.8 Å². The van der Waals surface area contributed by atoms with Gasteiger partial charge >= 0.3 is 11.9 Å². The Labute approximate surface area is 127 Å². The van der Waals surface area contributed by atoms with Crippen molar-refractivity contribution in [2.75, 3.05) is 13.2 Å². The van der Waals surface area contributed by atoms with Crippen molar-refractivity contribution in [2.45, 2.75) is 64.9 Å². The van der Waals surface area contributed by atoms with Crippen LogP contribution in [0.15, 0.2) is 12.2 Å². The van der Waals surface area contributed by atoms with Crippen molar-refractivity contribution >= 4 is 11.9 Å². The molecule has 1 unspecified atom stereocenters. The Morgan fingerprint density at radius 3 is 2.38 bits per heavy atom. The Balaban J connectivity index is 3.43. The van der Waals surface area contributed by atoms with Gasteiger partial charge in [0.25, 0.3) is 0 Å². The fourth-order valence-electron chi connectivity index (χ4n) is 1.88. The van der Waals surface area contributed by atoms with Crippen molar-refractivity contribution in [3.8, 4) is 0 Å². The van der Waals surface area contributed by atoms with Crippen molar-refractivity contribution in [2.24, 2.45) is 0 Å². The van der Waals surface area contributed by atoms with Crippen LogP contribution in [0, 0.1) is 0 Å². The number of ether oxygens (including phenoxy) is 2. The lowest BCUT2D eigenvalue weighted by Crippen LogP contribution is -2.15. The predicted octanol–water partition coefficient (Wildman–Crippen LogP) is 2.76. The van der Waals surface area contributed by atoms with Gasteiger partial charge in [0.05, 0.1) is 25.7 Å². The van der Waals surface area contributed by atoms with Crippen LogP contribution in [0.2, 0.25) is 0 Å². The monoisotopic (exact) mass is 312 g/mol. The van der Waals surface area contributed by atoms with E-state index in [0.29, 0.717) is 19.6 Å². The lowest BCUT2D eigenvalue weighted by molar-refractivity contribution is -0.145. The van der Waals surface area contributed by atoms with Crippen LogP contribution in [0.5, 0.6) is 0 Å². The molecular formula is C16H28O5. The molecule has 0 saturated carbocycles. The van der Waals surface area contributed by atoms with E-state index >= 15 is 0 Å². The SMILES string of the molecule is CCO[13C](=O)/[13CH]=[13CH]/[13CH2][13CH2][13CH2][13CH2][13CH2][13CH2][13CH](O)[13CH2][13C](=O)OCC. The van der Waals surface area contributed by atoms with Crippen LogP contribution in [-0.4, -0.2) is 36.4 Å². The normalized spacial score (nSPS) is 12.3. The van der Waals surface area contributed by atoms with Crippen molar-refractivity contribution in [1.82, 2.24) is 0 Å². The first-order valence-electron chi connectivity index (χ1n) is 7.77. The quantitative estimate of drug-likeness (QED) is 0.260. The molecule has 5 nitrogen and oxygen atoms in total. The van der Waals surface area contributed by atoms with Gasteiger partial charge in [0.1, 0.15) is 0 Å². The second-order valence-corrected chi connectivity index (χ2v) is 4.81. The maximum atomic E-state index is 11.1. The highest BCUT2D eigenvalue weighted by atomic mass is 16.6. The summed E-state index contributed by atoms with van der Waals surface area (Å²) in [6.45, 7) is 4.28. The number of hydrogen-bond acceptors (Lipinski definition) is 5. The van der Waals surface area contributed by atoms with Gasteiger partial charge in [-0.2, -0.15) is 0 Å². The van der Waals surface area contributed by atoms with Crippen molar-refractivity contribution in [1.29, 1.82) is 0 Å². The molecule has 0 aromatic carbocycles. The van der Waals surface area contributed by atoms with Crippen molar-refractivity contribution in [3.05, 3.63) is 12.2 Å². The average Bonchev–Trinajstić information content (AvgIpc) is 2.42. The van der Waals surface area contributed by atoms with E-state index in [1.54, 1.807) is 13.8 Å². The van der Waals surface area contributed by atoms with Crippen LogP contribution in [0.3, 0.4) is 0 Å². The van der Waals surface area contributed by atoms with E-state index in [4.69, 9.17) is 9.47 Å². The molecule has 0 amide bonds. The molecular weight excluding hydrogens is 284 g/mol. The van der Waals surface area contributed by atoms with Gasteiger partial charge in [0, 0.05) is 6.08 Å². The van der Waals surface area contributed by atoms with Gasteiger partial charge in [-0.1, -0.05) is 25.3 Å². The van der Waals surface area contributed by atoms with Gasteiger partial charge in [-0.15, -0.1) is 0 Å². The van der Waals surface area contributed by atoms with Gasteiger partial charge in [-0.05, 0) is 33.1 Å². The van der Waals surface area contributed by atoms with Crippen LogP contribution >= 0.6 is 0 Å². The first-order chi connectivity index (χ1) is 10.1. The predicted molar refractivity (Wildman–Crippen MR) is 80.7 cm³/mol. The van der Waals surface area contributed by atoms with Gasteiger partial charge in [-0.3, -0.25) is 4.79 Å². The lowest BCUT2D eigenvalue weighted by atomic mass is 10.9. The molecule has 1 N–H and O–H groups in total. The summed E-state index contributed by atoms with van der Waals surface area (Å²) < 4.78 is 9.55. The van der Waals surface area contributed by atoms with E-state index < -0.39 is 6.10 Å². The molecule has 0 spiro atoms. The highest BCUT2D eigenvalue weighted by Gasteiger charge is 2.10. The molecule has 0 saturated heterocycles. The Bertz CT molecular complexity index is 312. The number of allylic oxidation sites excluding steroid dienone is 1. The summed E-state index contributed by atoms with van der Waals surface area (Å²) in [7, 11) is 0. The minimum atomic E-state index is -0.604. The standard InChI is InChI=1S/C16H28O5/c1-3-20-15(18)12-10-8-6-5-7-9-11-14(17)13-16(19)21-4-2/h10,12,14,17H,3-9,11,13H2,1-2H3/b12-10+/i5+1,6+1,7+1,8+1,9+1,10+1,11+1,12+1,13+1,14+1,15+1,16+1. The van der Waals surface area contributed by atoms with Crippen LogP contribution in [0.1, 0.15) is 58.8 Å². The van der Waals surface area contributed by atoms with E-state index in [1.165, 1.54) is 6.08 Å². The maximum Gasteiger partial charge on any atom is 0.330 e. The zero-order valence-electron chi connectivity index (χ0n) is 13.2. The fourth-order valence-corrected chi connectivity index (χ4v) is 1.88. The van der Waals surface area contributed by atoms with Crippen LogP contribution < -0.4 is 0 Å². The zero-order valence-corrected chi connectivity index (χ0v) is 13.2. The maximum absolute atomic E-state index is 11.1. The van der Waals surface area contributed by atoms with Crippen molar-refractivity contribution < 1.29 is 24.2 Å². The number of rotatable bonds is 12. The first-order valence-corrected chi connectivity index (χ1v) is 7.77. The van der Waals surface area contributed by atoms with Gasteiger partial charge in [0.15, 0.2) is 0 Å². The Morgan fingerprint density at radius 2 is 1.71 bits per heavy atom. The molecule has 0 radical (unpaired) electrons. The van der Waals surface area contributed by atoms with E-state index in [-0.39, 0.29) is 18.4 Å². The van der Waals surface area contributed by atoms with E-state index in [1.807, 2.05) is 6.08 Å². The molecule has 0 aromatic heterocycles. The largest absolute Gasteiger partial charge is 0.466 e. The lowest BCUT2D eigenvalue weighted by Gasteiger charge is -2.09. The number of aliphatic hydroxyl groups is 1. The van der Waals surface area contributed by atoms with E-state index in [9.17, 15) is 14.7 Å². The van der Waals surface area contributed by atoms with E-state index in [0.717, 1.165) is 32.1 Å². The Morgan fingerprint density at radius 1 is 1.05 bits per heavy atom. The highest BCUT2D eigenvalue weighted by Crippen LogP contribution is 2.10. The average molecular weight is 312 g/mol. The first kappa shape index (κ1) is 19.6. The second-order valence-electron chi connectivity index (χ2n) is 4.81. The third-order valence-corrected chi connectivity index (χ3v) is 2.91. The number of carbonyl (C=O) groups is 2. The summed E-state index contributed by atoms with van der Waals surface area (Å²) in [4.78, 5) is 22.1. The van der Waals surface area contributed by atoms with Gasteiger partial charge in [0.2, 0.25) is 0 Å². The second kappa shape index (κ2) is 13.6. The number of esters is 2. The summed E-state index contributed by atoms with van der Waals surface area (Å²) >= 11 is 0. The third-order valence-electron chi connectivity index (χ3n) is 2.91. The summed E-state index contributed by atoms with van der Waals surface area (Å²) in [5.74, 6) is -0.631. The van der Waals surface area contributed by atoms with Crippen LogP contribution in [-0.2, 0) is 19.1 Å². The summed E-state index contributed by atoms with van der Waals surface area (Å²) in [5, 5.41) is 9.64. The van der Waals surface area contributed by atoms with Crippen molar-refractivity contribution in [3.63, 3.8) is 0 Å². The molecule has 122 valence electrons. The summed E-state index contributed by atoms with van der Waals surface area (Å²) in [5.41, 5.74) is 0. The summed E-state index contributed by atoms with van der Waals surface area (Å²) in [6, 6.07) is 0. The van der Waals surface area contributed by atoms with Gasteiger partial charge in [-0.25, -0.2) is 4.79 Å². The fraction of sp³-hybridized carbons (Fsp3) is 0.750. The summed E-state index contributed by atoms with van der Waals surface area (Å²) in [6.07, 6.45) is 8.18. The number of unbranched alkanes of at least 4 members (excludes halogenated alkanes) is 4. The zero-order chi connectivity index (χ0) is 15.9. The third kappa shape index (κ3) is 13.4. The van der Waals surface area contributed by atoms with Crippen LogP contribution in [0.25, 0.3) is 0 Å². The molecule has 0 bridgehead atoms. The Kier molecular flexibility index (Phi) is 12.7. The Hall–Kier alpha value is -1.36. The smallest absolute Gasteiger partial charge is 0.330 e. The molecule has 21 heavy (non-hydrogen) atoms. The number of carbonyl (C=O) groups excluding carboxylic acids is 2. The molecule has 0 fully saturated rings. The molecule has 0 rings (SSSR count). The number of hydrogen-bond donors (Lipinski definition) is 1. The molecule has 0 heterocycles. The number of aliphatic hydroxyl groups excluding tert-OH is 1. The van der Waals surface area contributed by atoms with Crippen LogP contribution in [0.4, 0.5) is 0 Å². The molecule has 0 aliphatic heterocycles. The molecule has 1 atom stereocenters. The molecule has 5 heteroatoms. The van der Waals surface area contributed by atoms with Gasteiger partial charge < -0.3 is 14.6 Å². The highest BCUT2D eigenvalue weighted by molar-refractivity contribution is 5.81. The minimum Gasteiger partial charge on any atom is -0.466 e. The minimum absolute atomic E-state index is 0.0795. The van der Waals surface area contributed by atoms with E-state index in [2.05, 4.69) is 0 Å². The molecule has 0 aromatic rings. The molecule has 0 aliphatic carbocycles.